The van der Waals surface area contributed by atoms with Crippen LogP contribution >= 0.6 is 0 Å². The number of methoxy groups -OCH3 is 1. The first-order chi connectivity index (χ1) is 7.29. The maximum absolute atomic E-state index is 11.4. The number of esters is 1. The fourth-order valence-electron chi connectivity index (χ4n) is 1.21. The predicted octanol–water partition coefficient (Wildman–Crippen LogP) is 2.46. The zero-order chi connectivity index (χ0) is 11.1. The normalized spacial score (nSPS) is 10.3. The summed E-state index contributed by atoms with van der Waals surface area (Å²) in [6.07, 6.45) is 3.93. The molecule has 1 aromatic carbocycles. The molecule has 0 fully saturated rings. The molecular formula is C12H15NO2. The maximum Gasteiger partial charge on any atom is 0.339 e. The number of carbonyl (C=O) groups excluding carboxylic acids is 1. The van der Waals surface area contributed by atoms with Crippen LogP contribution in [0.25, 0.3) is 0 Å². The summed E-state index contributed by atoms with van der Waals surface area (Å²) in [7, 11) is 1.38. The summed E-state index contributed by atoms with van der Waals surface area (Å²) in [5.41, 5.74) is 1.35. The molecule has 0 radical (unpaired) electrons. The molecule has 0 aliphatic rings. The molecule has 0 aliphatic heterocycles. The Bertz CT molecular complexity index is 358. The van der Waals surface area contributed by atoms with Crippen LogP contribution in [0.4, 0.5) is 5.69 Å². The highest BCUT2D eigenvalue weighted by Gasteiger charge is 2.09. The first-order valence-corrected chi connectivity index (χ1v) is 4.82. The van der Waals surface area contributed by atoms with Crippen LogP contribution in [0.1, 0.15) is 17.3 Å². The van der Waals surface area contributed by atoms with Crippen molar-refractivity contribution in [2.45, 2.75) is 6.92 Å². The van der Waals surface area contributed by atoms with Crippen molar-refractivity contribution in [3.05, 3.63) is 42.0 Å². The number of anilines is 1. The molecular weight excluding hydrogens is 190 g/mol. The van der Waals surface area contributed by atoms with Crippen LogP contribution in [0.5, 0.6) is 0 Å². The zero-order valence-corrected chi connectivity index (χ0v) is 8.99. The summed E-state index contributed by atoms with van der Waals surface area (Å²) in [6.45, 7) is 2.65. The lowest BCUT2D eigenvalue weighted by molar-refractivity contribution is 0.0602. The molecule has 0 aliphatic carbocycles. The van der Waals surface area contributed by atoms with Crippen LogP contribution in [0.3, 0.4) is 0 Å². The minimum Gasteiger partial charge on any atom is -0.465 e. The van der Waals surface area contributed by atoms with Crippen LogP contribution in [0.2, 0.25) is 0 Å². The topological polar surface area (TPSA) is 38.3 Å². The first-order valence-electron chi connectivity index (χ1n) is 4.82. The Hall–Kier alpha value is -1.77. The van der Waals surface area contributed by atoms with E-state index in [4.69, 9.17) is 0 Å². The van der Waals surface area contributed by atoms with Gasteiger partial charge in [0.1, 0.15) is 0 Å². The van der Waals surface area contributed by atoms with Crippen molar-refractivity contribution in [2.75, 3.05) is 19.0 Å². The number of hydrogen-bond acceptors (Lipinski definition) is 3. The van der Waals surface area contributed by atoms with Crippen LogP contribution in [0.15, 0.2) is 36.4 Å². The van der Waals surface area contributed by atoms with Crippen LogP contribution in [-0.2, 0) is 4.74 Å². The molecule has 0 unspecified atom stereocenters. The van der Waals surface area contributed by atoms with Gasteiger partial charge in [-0.3, -0.25) is 0 Å². The lowest BCUT2D eigenvalue weighted by Crippen LogP contribution is -2.07. The molecule has 0 aromatic heterocycles. The van der Waals surface area contributed by atoms with Gasteiger partial charge in [0, 0.05) is 12.2 Å². The summed E-state index contributed by atoms with van der Waals surface area (Å²) in [5, 5.41) is 3.14. The number of allylic oxidation sites excluding steroid dienone is 1. The quantitative estimate of drug-likeness (QED) is 0.606. The highest BCUT2D eigenvalue weighted by Crippen LogP contribution is 2.15. The van der Waals surface area contributed by atoms with E-state index in [0.717, 1.165) is 5.69 Å². The van der Waals surface area contributed by atoms with Crippen molar-refractivity contribution < 1.29 is 9.53 Å². The van der Waals surface area contributed by atoms with Crippen LogP contribution in [-0.4, -0.2) is 19.6 Å². The standard InChI is InChI=1S/C12H15NO2/c1-3-4-9-13-11-8-6-5-7-10(11)12(14)15-2/h3-8,13H,9H2,1-2H3/b4-3+. The summed E-state index contributed by atoms with van der Waals surface area (Å²) in [5.74, 6) is -0.321. The fraction of sp³-hybridized carbons (Fsp3) is 0.250. The first kappa shape index (κ1) is 11.3. The number of carbonyl (C=O) groups is 1. The average Bonchev–Trinajstić information content (AvgIpc) is 2.29. The molecule has 0 bridgehead atoms. The van der Waals surface area contributed by atoms with Gasteiger partial charge in [0.25, 0.3) is 0 Å². The molecule has 1 aromatic rings. The van der Waals surface area contributed by atoms with Gasteiger partial charge in [-0.15, -0.1) is 0 Å². The second-order valence-corrected chi connectivity index (χ2v) is 2.99. The number of para-hydroxylation sites is 1. The SMILES string of the molecule is C/C=C/CNc1ccccc1C(=O)OC. The van der Waals surface area contributed by atoms with Gasteiger partial charge in [-0.2, -0.15) is 0 Å². The molecule has 0 heterocycles. The Balaban J connectivity index is 2.81. The molecule has 0 spiro atoms. The zero-order valence-electron chi connectivity index (χ0n) is 8.99. The summed E-state index contributed by atoms with van der Waals surface area (Å²) < 4.78 is 4.69. The van der Waals surface area contributed by atoms with Crippen molar-refractivity contribution in [1.82, 2.24) is 0 Å². The van der Waals surface area contributed by atoms with Crippen LogP contribution < -0.4 is 5.32 Å². The third kappa shape index (κ3) is 3.13. The van der Waals surface area contributed by atoms with Gasteiger partial charge in [-0.1, -0.05) is 24.3 Å². The number of nitrogens with one attached hydrogen (secondary N) is 1. The summed E-state index contributed by atoms with van der Waals surface area (Å²) >= 11 is 0. The van der Waals surface area contributed by atoms with E-state index >= 15 is 0 Å². The summed E-state index contributed by atoms with van der Waals surface area (Å²) in [6, 6.07) is 7.29. The molecule has 3 heteroatoms. The van der Waals surface area contributed by atoms with E-state index in [1.807, 2.05) is 37.3 Å². The second kappa shape index (κ2) is 5.86. The number of rotatable bonds is 4. The van der Waals surface area contributed by atoms with E-state index in [9.17, 15) is 4.79 Å². The number of benzene rings is 1. The molecule has 3 nitrogen and oxygen atoms in total. The van der Waals surface area contributed by atoms with E-state index in [2.05, 4.69) is 10.1 Å². The number of hydrogen-bond donors (Lipinski definition) is 1. The lowest BCUT2D eigenvalue weighted by Gasteiger charge is -2.08. The molecule has 0 saturated heterocycles. The largest absolute Gasteiger partial charge is 0.465 e. The molecule has 15 heavy (non-hydrogen) atoms. The van der Waals surface area contributed by atoms with Gasteiger partial charge >= 0.3 is 5.97 Å². The molecule has 0 atom stereocenters. The molecule has 0 saturated carbocycles. The summed E-state index contributed by atoms with van der Waals surface area (Å²) in [4.78, 5) is 11.4. The van der Waals surface area contributed by atoms with Crippen molar-refractivity contribution >= 4 is 11.7 Å². The highest BCUT2D eigenvalue weighted by molar-refractivity contribution is 5.95. The second-order valence-electron chi connectivity index (χ2n) is 2.99. The monoisotopic (exact) mass is 205 g/mol. The van der Waals surface area contributed by atoms with Crippen molar-refractivity contribution in [3.8, 4) is 0 Å². The third-order valence-corrected chi connectivity index (χ3v) is 1.98. The van der Waals surface area contributed by atoms with Gasteiger partial charge < -0.3 is 10.1 Å². The van der Waals surface area contributed by atoms with Crippen molar-refractivity contribution in [1.29, 1.82) is 0 Å². The highest BCUT2D eigenvalue weighted by atomic mass is 16.5. The molecule has 1 rings (SSSR count). The Morgan fingerprint density at radius 2 is 2.20 bits per heavy atom. The smallest absolute Gasteiger partial charge is 0.339 e. The van der Waals surface area contributed by atoms with Gasteiger partial charge in [0.15, 0.2) is 0 Å². The van der Waals surface area contributed by atoms with Gasteiger partial charge in [0.2, 0.25) is 0 Å². The molecule has 1 N–H and O–H groups in total. The average molecular weight is 205 g/mol. The fourth-order valence-corrected chi connectivity index (χ4v) is 1.21. The lowest BCUT2D eigenvalue weighted by atomic mass is 10.2. The molecule has 80 valence electrons. The van der Waals surface area contributed by atoms with E-state index in [-0.39, 0.29) is 5.97 Å². The Labute approximate surface area is 89.8 Å². The van der Waals surface area contributed by atoms with Crippen LogP contribution in [0, 0.1) is 0 Å². The minimum atomic E-state index is -0.321. The van der Waals surface area contributed by atoms with Crippen molar-refractivity contribution in [3.63, 3.8) is 0 Å². The van der Waals surface area contributed by atoms with Gasteiger partial charge in [0.05, 0.1) is 12.7 Å². The van der Waals surface area contributed by atoms with Crippen molar-refractivity contribution in [2.24, 2.45) is 0 Å². The Morgan fingerprint density at radius 1 is 1.47 bits per heavy atom. The van der Waals surface area contributed by atoms with E-state index in [1.165, 1.54) is 7.11 Å². The minimum absolute atomic E-state index is 0.321. The Kier molecular flexibility index (Phi) is 4.41. The number of ether oxygens (including phenoxy) is 1. The van der Waals surface area contributed by atoms with E-state index < -0.39 is 0 Å². The van der Waals surface area contributed by atoms with E-state index in [0.29, 0.717) is 12.1 Å². The van der Waals surface area contributed by atoms with E-state index in [1.54, 1.807) is 6.07 Å². The van der Waals surface area contributed by atoms with Gasteiger partial charge in [-0.05, 0) is 19.1 Å². The maximum atomic E-state index is 11.4. The Morgan fingerprint density at radius 3 is 2.87 bits per heavy atom. The van der Waals surface area contributed by atoms with Gasteiger partial charge in [-0.25, -0.2) is 4.79 Å². The predicted molar refractivity (Wildman–Crippen MR) is 61.1 cm³/mol. The molecule has 0 amide bonds. The third-order valence-electron chi connectivity index (χ3n) is 1.98.